The molecule has 0 aliphatic rings. The third kappa shape index (κ3) is 2.69. The standard InChI is InChI=1S/C6H5O3S.ClH.Hg/c7-10(8,9)6-4-2-1-3-5-6;;/h2-5H,(H,7,8,9);1H;/q;;+1/p-2. The van der Waals surface area contributed by atoms with E-state index in [4.69, 9.17) is 8.25 Å². The van der Waals surface area contributed by atoms with Crippen LogP contribution < -0.4 is 3.07 Å². The first-order valence-corrected chi connectivity index (χ1v) is 14.1. The van der Waals surface area contributed by atoms with E-state index in [9.17, 15) is 13.0 Å². The monoisotopic (exact) mass is 393 g/mol. The van der Waals surface area contributed by atoms with Gasteiger partial charge in [-0.2, -0.15) is 0 Å². The van der Waals surface area contributed by atoms with Gasteiger partial charge >= 0.3 is 86.9 Å². The van der Waals surface area contributed by atoms with Gasteiger partial charge in [0.25, 0.3) is 0 Å². The molecule has 0 N–H and O–H groups in total. The summed E-state index contributed by atoms with van der Waals surface area (Å²) < 4.78 is 32.4. The second-order valence-electron chi connectivity index (χ2n) is 2.23. The fourth-order valence-corrected chi connectivity index (χ4v) is 4.39. The molecule has 0 aliphatic heterocycles. The van der Waals surface area contributed by atoms with Gasteiger partial charge in [-0.05, 0) is 0 Å². The zero-order chi connectivity index (χ0) is 9.19. The number of halogens is 1. The first kappa shape index (κ1) is 10.4. The van der Waals surface area contributed by atoms with Crippen molar-refractivity contribution in [3.63, 3.8) is 0 Å². The average molecular weight is 392 g/mol. The van der Waals surface area contributed by atoms with Crippen molar-refractivity contribution in [2.45, 2.75) is 4.90 Å². The van der Waals surface area contributed by atoms with Crippen LogP contribution in [0.1, 0.15) is 0 Å². The summed E-state index contributed by atoms with van der Waals surface area (Å²) in [5.74, 6) is 0. The second kappa shape index (κ2) is 4.04. The summed E-state index contributed by atoms with van der Waals surface area (Å²) in [6.45, 7) is 0. The van der Waals surface area contributed by atoms with E-state index in [2.05, 4.69) is 0 Å². The van der Waals surface area contributed by atoms with Crippen LogP contribution in [0.25, 0.3) is 0 Å². The second-order valence-corrected chi connectivity index (χ2v) is 10.2. The summed E-state index contributed by atoms with van der Waals surface area (Å²) in [4.78, 5) is -0.190. The summed E-state index contributed by atoms with van der Waals surface area (Å²) in [6, 6.07) is 5.83. The van der Waals surface area contributed by atoms with Gasteiger partial charge < -0.3 is 0 Å². The molecule has 0 atom stereocenters. The van der Waals surface area contributed by atoms with Crippen molar-refractivity contribution in [2.75, 3.05) is 0 Å². The van der Waals surface area contributed by atoms with Crippen LogP contribution in [-0.2, 0) is 33.5 Å². The Hall–Kier alpha value is 0.355. The van der Waals surface area contributed by atoms with Gasteiger partial charge in [0, 0.05) is 0 Å². The Morgan fingerprint density at radius 3 is 2.08 bits per heavy atom. The number of hydrogen-bond donors (Lipinski definition) is 0. The van der Waals surface area contributed by atoms with E-state index in [1.807, 2.05) is 0 Å². The molecule has 0 unspecified atom stereocenters. The van der Waals surface area contributed by atoms with E-state index >= 15 is 0 Å². The molecule has 1 aromatic carbocycles. The van der Waals surface area contributed by atoms with Crippen LogP contribution in [0.15, 0.2) is 29.2 Å². The molecule has 0 fully saturated rings. The Bertz CT molecular complexity index is 359. The maximum absolute atomic E-state index is 10.5. The fourth-order valence-electron chi connectivity index (χ4n) is 0.745. The molecule has 1 aromatic rings. The van der Waals surface area contributed by atoms with Gasteiger partial charge in [-0.1, -0.05) is 0 Å². The molecule has 1 rings (SSSR count). The van der Waals surface area contributed by atoms with E-state index in [0.717, 1.165) is 3.07 Å². The van der Waals surface area contributed by atoms with Crippen molar-refractivity contribution in [3.05, 3.63) is 24.3 Å². The van der Waals surface area contributed by atoms with Crippen molar-refractivity contribution in [1.82, 2.24) is 0 Å². The molecule has 6 heteroatoms. The third-order valence-electron chi connectivity index (χ3n) is 1.37. The Morgan fingerprint density at radius 2 is 1.75 bits per heavy atom. The minimum absolute atomic E-state index is 0.190. The van der Waals surface area contributed by atoms with Gasteiger partial charge in [0.2, 0.25) is 0 Å². The van der Waals surface area contributed by atoms with Crippen molar-refractivity contribution in [1.29, 1.82) is 0 Å². The zero-order valence-electron chi connectivity index (χ0n) is 6.03. The average Bonchev–Trinajstić information content (AvgIpc) is 2.03. The molecule has 0 spiro atoms. The van der Waals surface area contributed by atoms with Crippen molar-refractivity contribution < 1.29 is 36.3 Å². The van der Waals surface area contributed by atoms with Crippen LogP contribution in [0.3, 0.4) is 0 Å². The van der Waals surface area contributed by atoms with E-state index in [-0.39, 0.29) is 4.90 Å². The van der Waals surface area contributed by atoms with Gasteiger partial charge in [-0.3, -0.25) is 0 Å². The van der Waals surface area contributed by atoms with Gasteiger partial charge in [0.05, 0.1) is 0 Å². The Balaban J connectivity index is 3.09. The first-order chi connectivity index (χ1) is 5.54. The van der Waals surface area contributed by atoms with Crippen LogP contribution >= 0.6 is 8.25 Å². The van der Waals surface area contributed by atoms with Crippen LogP contribution in [-0.4, -0.2) is 13.0 Å². The molecule has 0 amide bonds. The van der Waals surface area contributed by atoms with Crippen LogP contribution in [0, 0.1) is 0 Å². The summed E-state index contributed by atoms with van der Waals surface area (Å²) in [6.07, 6.45) is 0. The number of benzene rings is 1. The molecule has 0 saturated heterocycles. The van der Waals surface area contributed by atoms with Crippen molar-refractivity contribution >= 4 is 21.4 Å². The topological polar surface area (TPSA) is 57.2 Å². The summed E-state index contributed by atoms with van der Waals surface area (Å²) in [5.41, 5.74) is 0. The quantitative estimate of drug-likeness (QED) is 0.543. The van der Waals surface area contributed by atoms with Gasteiger partial charge in [-0.25, -0.2) is 0 Å². The van der Waals surface area contributed by atoms with E-state index in [1.165, 1.54) is 12.1 Å². The van der Waals surface area contributed by atoms with Crippen molar-refractivity contribution in [3.8, 4) is 0 Å². The molecular formula is C6H4ClHgO3S-. The molecule has 0 saturated carbocycles. The Morgan fingerprint density at radius 1 is 1.25 bits per heavy atom. The molecule has 12 heavy (non-hydrogen) atoms. The molecule has 0 aliphatic carbocycles. The van der Waals surface area contributed by atoms with E-state index in [1.54, 1.807) is 12.1 Å². The van der Waals surface area contributed by atoms with Gasteiger partial charge in [0.1, 0.15) is 0 Å². The predicted molar refractivity (Wildman–Crippen MR) is 39.9 cm³/mol. The molecular weight excluding hydrogens is 388 g/mol. The predicted octanol–water partition coefficient (Wildman–Crippen LogP) is 0.452. The normalized spacial score (nSPS) is 10.8. The first-order valence-electron chi connectivity index (χ1n) is 3.15. The van der Waals surface area contributed by atoms with Gasteiger partial charge in [0.15, 0.2) is 0 Å². The van der Waals surface area contributed by atoms with Crippen LogP contribution in [0.4, 0.5) is 0 Å². The summed E-state index contributed by atoms with van der Waals surface area (Å²) in [5, 5.41) is 0. The number of hydrogen-bond acceptors (Lipinski definition) is 3. The van der Waals surface area contributed by atoms with E-state index in [0.29, 0.717) is 0 Å². The number of rotatable bonds is 2. The van der Waals surface area contributed by atoms with Gasteiger partial charge in [-0.15, -0.1) is 0 Å². The third-order valence-corrected chi connectivity index (χ3v) is 7.96. The SMILES string of the molecule is O=S(=O)([O-])c1cc[c]([Hg][Cl])cc1. The Kier molecular flexibility index (Phi) is 3.52. The van der Waals surface area contributed by atoms with Crippen molar-refractivity contribution in [2.24, 2.45) is 0 Å². The molecule has 0 aromatic heterocycles. The molecule has 0 radical (unpaired) electrons. The van der Waals surface area contributed by atoms with Crippen LogP contribution in [0.2, 0.25) is 0 Å². The summed E-state index contributed by atoms with van der Waals surface area (Å²) in [7, 11) is 1.39. The molecule has 0 heterocycles. The fraction of sp³-hybridized carbons (Fsp3) is 0. The molecule has 0 bridgehead atoms. The maximum atomic E-state index is 10.5. The van der Waals surface area contributed by atoms with E-state index < -0.39 is 33.5 Å². The Labute approximate surface area is 86.4 Å². The summed E-state index contributed by atoms with van der Waals surface area (Å²) >= 11 is -1.45. The molecule has 3 nitrogen and oxygen atoms in total. The minimum atomic E-state index is -4.30. The van der Waals surface area contributed by atoms with Crippen LogP contribution in [0.5, 0.6) is 0 Å². The zero-order valence-corrected chi connectivity index (χ0v) is 13.1. The molecule has 62 valence electrons.